The molecule has 1 fully saturated rings. The molecule has 3 nitrogen and oxygen atoms in total. The summed E-state index contributed by atoms with van der Waals surface area (Å²) < 4.78 is 5.52. The van der Waals surface area contributed by atoms with Crippen LogP contribution in [0.15, 0.2) is 0 Å². The lowest BCUT2D eigenvalue weighted by Crippen LogP contribution is -2.40. The van der Waals surface area contributed by atoms with Crippen LogP contribution in [0.25, 0.3) is 0 Å². The van der Waals surface area contributed by atoms with Crippen LogP contribution in [0.1, 0.15) is 53.4 Å². The number of hydrogen-bond acceptors (Lipinski definition) is 2. The van der Waals surface area contributed by atoms with Gasteiger partial charge in [0.2, 0.25) is 0 Å². The van der Waals surface area contributed by atoms with Crippen LogP contribution in [-0.2, 0) is 9.53 Å². The van der Waals surface area contributed by atoms with E-state index in [0.29, 0.717) is 11.8 Å². The Kier molecular flexibility index (Phi) is 6.69. The molecule has 18 heavy (non-hydrogen) atoms. The fourth-order valence-corrected chi connectivity index (χ4v) is 2.14. The number of ether oxygens (including phenoxy) is 1. The summed E-state index contributed by atoms with van der Waals surface area (Å²) in [5, 5.41) is 0. The summed E-state index contributed by atoms with van der Waals surface area (Å²) in [6.45, 7) is 11.3. The van der Waals surface area contributed by atoms with Crippen LogP contribution < -0.4 is 0 Å². The minimum atomic E-state index is -0.163. The van der Waals surface area contributed by atoms with E-state index in [0.717, 1.165) is 45.4 Å². The molecule has 0 aromatic heterocycles. The lowest BCUT2D eigenvalue weighted by Gasteiger charge is -2.26. The van der Waals surface area contributed by atoms with Gasteiger partial charge in [0, 0.05) is 19.7 Å². The smallest absolute Gasteiger partial charge is 0.251 e. The van der Waals surface area contributed by atoms with E-state index in [1.54, 1.807) is 0 Å². The quantitative estimate of drug-likeness (QED) is 0.699. The second-order valence-electron chi connectivity index (χ2n) is 6.19. The molecule has 0 aromatic carbocycles. The first-order valence-electron chi connectivity index (χ1n) is 7.41. The molecule has 1 atom stereocenters. The Hall–Kier alpha value is -0.570. The summed E-state index contributed by atoms with van der Waals surface area (Å²) >= 11 is 0. The predicted octanol–water partition coefficient (Wildman–Crippen LogP) is 3.09. The maximum atomic E-state index is 12.4. The maximum Gasteiger partial charge on any atom is 0.251 e. The highest BCUT2D eigenvalue weighted by atomic mass is 16.5. The van der Waals surface area contributed by atoms with Crippen molar-refractivity contribution in [2.24, 2.45) is 11.8 Å². The largest absolute Gasteiger partial charge is 0.368 e. The van der Waals surface area contributed by atoms with Crippen LogP contribution in [-0.4, -0.2) is 36.6 Å². The first-order valence-corrected chi connectivity index (χ1v) is 7.41. The Balaban J connectivity index is 2.48. The van der Waals surface area contributed by atoms with Crippen LogP contribution in [0.4, 0.5) is 0 Å². The SMILES string of the molecule is CC(C)CCN(CCC(C)C)C(=O)C1CCCO1. The second kappa shape index (κ2) is 7.78. The average Bonchev–Trinajstić information content (AvgIpc) is 2.81. The molecule has 1 unspecified atom stereocenters. The van der Waals surface area contributed by atoms with Gasteiger partial charge in [-0.1, -0.05) is 27.7 Å². The van der Waals surface area contributed by atoms with E-state index in [9.17, 15) is 4.79 Å². The molecule has 0 spiro atoms. The van der Waals surface area contributed by atoms with Gasteiger partial charge >= 0.3 is 0 Å². The third-order valence-corrected chi connectivity index (χ3v) is 3.47. The Morgan fingerprint density at radius 2 is 1.72 bits per heavy atom. The van der Waals surface area contributed by atoms with Gasteiger partial charge in [-0.2, -0.15) is 0 Å². The Bertz CT molecular complexity index is 233. The van der Waals surface area contributed by atoms with E-state index in [2.05, 4.69) is 27.7 Å². The Morgan fingerprint density at radius 1 is 1.17 bits per heavy atom. The van der Waals surface area contributed by atoms with Gasteiger partial charge in [-0.3, -0.25) is 4.79 Å². The normalized spacial score (nSPS) is 19.8. The third kappa shape index (κ3) is 5.38. The molecule has 0 bridgehead atoms. The summed E-state index contributed by atoms with van der Waals surface area (Å²) in [6.07, 6.45) is 3.93. The molecule has 1 amide bonds. The number of carbonyl (C=O) groups excluding carboxylic acids is 1. The lowest BCUT2D eigenvalue weighted by atomic mass is 10.1. The molecule has 1 heterocycles. The Morgan fingerprint density at radius 3 is 2.11 bits per heavy atom. The minimum Gasteiger partial charge on any atom is -0.368 e. The first kappa shape index (κ1) is 15.5. The highest BCUT2D eigenvalue weighted by molar-refractivity contribution is 5.81. The lowest BCUT2D eigenvalue weighted by molar-refractivity contribution is -0.141. The van der Waals surface area contributed by atoms with Crippen molar-refractivity contribution in [3.8, 4) is 0 Å². The second-order valence-corrected chi connectivity index (χ2v) is 6.19. The van der Waals surface area contributed by atoms with Crippen LogP contribution in [0, 0.1) is 11.8 Å². The summed E-state index contributed by atoms with van der Waals surface area (Å²) in [5.74, 6) is 1.50. The van der Waals surface area contributed by atoms with E-state index >= 15 is 0 Å². The summed E-state index contributed by atoms with van der Waals surface area (Å²) in [6, 6.07) is 0. The van der Waals surface area contributed by atoms with Crippen molar-refractivity contribution in [3.63, 3.8) is 0 Å². The summed E-state index contributed by atoms with van der Waals surface area (Å²) in [5.41, 5.74) is 0. The molecule has 3 heteroatoms. The van der Waals surface area contributed by atoms with E-state index in [4.69, 9.17) is 4.74 Å². The fourth-order valence-electron chi connectivity index (χ4n) is 2.14. The van der Waals surface area contributed by atoms with Crippen LogP contribution in [0.3, 0.4) is 0 Å². The molecule has 106 valence electrons. The van der Waals surface area contributed by atoms with Gasteiger partial charge in [-0.25, -0.2) is 0 Å². The molecule has 0 aliphatic carbocycles. The molecule has 0 N–H and O–H groups in total. The minimum absolute atomic E-state index is 0.163. The van der Waals surface area contributed by atoms with Gasteiger partial charge in [0.1, 0.15) is 6.10 Å². The predicted molar refractivity (Wildman–Crippen MR) is 74.5 cm³/mol. The third-order valence-electron chi connectivity index (χ3n) is 3.47. The van der Waals surface area contributed by atoms with Crippen molar-refractivity contribution >= 4 is 5.91 Å². The number of amides is 1. The summed E-state index contributed by atoms with van der Waals surface area (Å²) in [4.78, 5) is 14.4. The molecule has 1 aliphatic heterocycles. The summed E-state index contributed by atoms with van der Waals surface area (Å²) in [7, 11) is 0. The van der Waals surface area contributed by atoms with Gasteiger partial charge in [0.05, 0.1) is 0 Å². The maximum absolute atomic E-state index is 12.4. The van der Waals surface area contributed by atoms with Gasteiger partial charge in [0.25, 0.3) is 5.91 Å². The molecular formula is C15H29NO2. The molecule has 0 saturated carbocycles. The van der Waals surface area contributed by atoms with Crippen LogP contribution >= 0.6 is 0 Å². The molecular weight excluding hydrogens is 226 g/mol. The van der Waals surface area contributed by atoms with Crippen molar-refractivity contribution in [2.75, 3.05) is 19.7 Å². The zero-order valence-electron chi connectivity index (χ0n) is 12.4. The van der Waals surface area contributed by atoms with Crippen molar-refractivity contribution in [2.45, 2.75) is 59.5 Å². The number of nitrogens with zero attached hydrogens (tertiary/aromatic N) is 1. The average molecular weight is 255 g/mol. The highest BCUT2D eigenvalue weighted by Gasteiger charge is 2.27. The van der Waals surface area contributed by atoms with Crippen LogP contribution in [0.5, 0.6) is 0 Å². The van der Waals surface area contributed by atoms with Gasteiger partial charge in [0.15, 0.2) is 0 Å². The zero-order valence-corrected chi connectivity index (χ0v) is 12.4. The highest BCUT2D eigenvalue weighted by Crippen LogP contribution is 2.16. The van der Waals surface area contributed by atoms with Crippen molar-refractivity contribution in [3.05, 3.63) is 0 Å². The number of hydrogen-bond donors (Lipinski definition) is 0. The topological polar surface area (TPSA) is 29.5 Å². The number of rotatable bonds is 7. The van der Waals surface area contributed by atoms with Crippen molar-refractivity contribution in [1.82, 2.24) is 4.90 Å². The molecule has 0 aromatic rings. The monoisotopic (exact) mass is 255 g/mol. The standard InChI is InChI=1S/C15H29NO2/c1-12(2)7-9-16(10-8-13(3)4)15(17)14-6-5-11-18-14/h12-14H,5-11H2,1-4H3. The number of carbonyl (C=O) groups is 1. The molecule has 1 rings (SSSR count). The first-order chi connectivity index (χ1) is 8.50. The van der Waals surface area contributed by atoms with E-state index in [-0.39, 0.29) is 12.0 Å². The zero-order chi connectivity index (χ0) is 13.5. The van der Waals surface area contributed by atoms with Gasteiger partial charge < -0.3 is 9.64 Å². The van der Waals surface area contributed by atoms with E-state index in [1.165, 1.54) is 0 Å². The van der Waals surface area contributed by atoms with Crippen molar-refractivity contribution in [1.29, 1.82) is 0 Å². The van der Waals surface area contributed by atoms with Crippen molar-refractivity contribution < 1.29 is 9.53 Å². The van der Waals surface area contributed by atoms with Gasteiger partial charge in [-0.05, 0) is 37.5 Å². The van der Waals surface area contributed by atoms with Crippen LogP contribution in [0.2, 0.25) is 0 Å². The van der Waals surface area contributed by atoms with E-state index < -0.39 is 0 Å². The van der Waals surface area contributed by atoms with Gasteiger partial charge in [-0.15, -0.1) is 0 Å². The molecule has 0 radical (unpaired) electrons. The Labute approximate surface area is 112 Å². The molecule has 1 saturated heterocycles. The van der Waals surface area contributed by atoms with E-state index in [1.807, 2.05) is 4.90 Å². The molecule has 1 aliphatic rings. The fraction of sp³-hybridized carbons (Fsp3) is 0.933.